The third-order valence-electron chi connectivity index (χ3n) is 5.64. The average Bonchev–Trinajstić information content (AvgIpc) is 2.78. The van der Waals surface area contributed by atoms with Crippen LogP contribution >= 0.6 is 0 Å². The van der Waals surface area contributed by atoms with Crippen LogP contribution in [0.1, 0.15) is 28.4 Å². The molecule has 0 radical (unpaired) electrons. The minimum atomic E-state index is -0.317. The molecule has 0 amide bonds. The summed E-state index contributed by atoms with van der Waals surface area (Å²) in [5.74, 6) is -0.317. The second-order valence-corrected chi connectivity index (χ2v) is 7.56. The number of nitrogens with zero attached hydrogens (tertiary/aromatic N) is 3. The van der Waals surface area contributed by atoms with Crippen molar-refractivity contribution in [2.75, 3.05) is 38.2 Å². The van der Waals surface area contributed by atoms with E-state index in [-0.39, 0.29) is 11.5 Å². The second-order valence-electron chi connectivity index (χ2n) is 7.56. The van der Waals surface area contributed by atoms with E-state index in [0.29, 0.717) is 12.0 Å². The first-order chi connectivity index (χ1) is 14.6. The summed E-state index contributed by atoms with van der Waals surface area (Å²) in [5, 5.41) is 0. The smallest absolute Gasteiger partial charge is 0.337 e. The molecule has 1 fully saturated rings. The standard InChI is InChI=1S/C23H26N4O3/c1-3-17-13-20-21(25-22(17)28)12-16(14-24-20)15-26-8-10-27(11-9-26)19-6-4-18(5-7-19)23(29)30-2/h4-7,12-14H,3,8-11,15H2,1-2H3,(H,25,28). The molecule has 0 unspecified atom stereocenters. The predicted octanol–water partition coefficient (Wildman–Crippen LogP) is 2.59. The van der Waals surface area contributed by atoms with Gasteiger partial charge in [0.2, 0.25) is 0 Å². The highest BCUT2D eigenvalue weighted by Gasteiger charge is 2.18. The molecule has 0 bridgehead atoms. The molecule has 0 spiro atoms. The van der Waals surface area contributed by atoms with Crippen molar-refractivity contribution in [3.63, 3.8) is 0 Å². The molecule has 3 aromatic rings. The lowest BCUT2D eigenvalue weighted by molar-refractivity contribution is 0.0600. The van der Waals surface area contributed by atoms with Crippen molar-refractivity contribution >= 4 is 22.7 Å². The summed E-state index contributed by atoms with van der Waals surface area (Å²) in [4.78, 5) is 35.9. The van der Waals surface area contributed by atoms with Crippen LogP contribution in [0.4, 0.5) is 5.69 Å². The fraction of sp³-hybridized carbons (Fsp3) is 0.348. The zero-order valence-corrected chi connectivity index (χ0v) is 17.4. The third kappa shape index (κ3) is 4.21. The monoisotopic (exact) mass is 406 g/mol. The minimum absolute atomic E-state index is 0.0317. The van der Waals surface area contributed by atoms with Gasteiger partial charge in [0.25, 0.3) is 5.56 Å². The summed E-state index contributed by atoms with van der Waals surface area (Å²) in [6.07, 6.45) is 2.60. The van der Waals surface area contributed by atoms with E-state index >= 15 is 0 Å². The molecular weight excluding hydrogens is 380 g/mol. The van der Waals surface area contributed by atoms with E-state index in [9.17, 15) is 9.59 Å². The lowest BCUT2D eigenvalue weighted by atomic mass is 10.1. The molecule has 156 valence electrons. The Labute approximate surface area is 175 Å². The number of carbonyl (C=O) groups is 1. The number of pyridine rings is 2. The van der Waals surface area contributed by atoms with E-state index in [1.165, 1.54) is 7.11 Å². The maximum absolute atomic E-state index is 12.1. The van der Waals surface area contributed by atoms with Crippen molar-refractivity contribution in [1.29, 1.82) is 0 Å². The van der Waals surface area contributed by atoms with Gasteiger partial charge in [-0.05, 0) is 48.4 Å². The summed E-state index contributed by atoms with van der Waals surface area (Å²) in [6.45, 7) is 6.46. The molecule has 1 aromatic carbocycles. The molecule has 0 aliphatic carbocycles. The Kier molecular flexibility index (Phi) is 5.81. The number of aryl methyl sites for hydroxylation is 1. The van der Waals surface area contributed by atoms with Gasteiger partial charge in [-0.3, -0.25) is 14.7 Å². The Morgan fingerprint density at radius 3 is 2.53 bits per heavy atom. The van der Waals surface area contributed by atoms with Crippen LogP contribution in [0.2, 0.25) is 0 Å². The normalized spacial score (nSPS) is 14.8. The molecule has 7 heteroatoms. The van der Waals surface area contributed by atoms with Crippen molar-refractivity contribution < 1.29 is 9.53 Å². The number of hydrogen-bond donors (Lipinski definition) is 1. The van der Waals surface area contributed by atoms with Crippen LogP contribution in [-0.2, 0) is 17.7 Å². The maximum atomic E-state index is 12.1. The van der Waals surface area contributed by atoms with Crippen LogP contribution in [0, 0.1) is 0 Å². The molecule has 30 heavy (non-hydrogen) atoms. The number of methoxy groups -OCH3 is 1. The fourth-order valence-electron chi connectivity index (χ4n) is 3.86. The van der Waals surface area contributed by atoms with Crippen LogP contribution in [0.3, 0.4) is 0 Å². The van der Waals surface area contributed by atoms with Crippen LogP contribution in [0.25, 0.3) is 11.0 Å². The molecule has 1 aliphatic rings. The topological polar surface area (TPSA) is 78.5 Å². The van der Waals surface area contributed by atoms with Gasteiger partial charge in [-0.15, -0.1) is 0 Å². The molecule has 4 rings (SSSR count). The number of carbonyl (C=O) groups excluding carboxylic acids is 1. The number of esters is 1. The van der Waals surface area contributed by atoms with Gasteiger partial charge in [0.15, 0.2) is 0 Å². The molecule has 0 atom stereocenters. The number of anilines is 1. The van der Waals surface area contributed by atoms with Crippen molar-refractivity contribution in [2.45, 2.75) is 19.9 Å². The Morgan fingerprint density at radius 2 is 1.87 bits per heavy atom. The average molecular weight is 406 g/mol. The van der Waals surface area contributed by atoms with Crippen molar-refractivity contribution in [2.24, 2.45) is 0 Å². The highest BCUT2D eigenvalue weighted by Crippen LogP contribution is 2.19. The number of hydrogen-bond acceptors (Lipinski definition) is 6. The number of fused-ring (bicyclic) bond motifs is 1. The number of nitrogens with one attached hydrogen (secondary N) is 1. The van der Waals surface area contributed by atoms with Crippen LogP contribution in [0.5, 0.6) is 0 Å². The quantitative estimate of drug-likeness (QED) is 0.656. The highest BCUT2D eigenvalue weighted by molar-refractivity contribution is 5.89. The van der Waals surface area contributed by atoms with Gasteiger partial charge < -0.3 is 14.6 Å². The molecule has 0 saturated carbocycles. The SMILES string of the molecule is CCc1cc2ncc(CN3CCN(c4ccc(C(=O)OC)cc4)CC3)cc2[nH]c1=O. The van der Waals surface area contributed by atoms with Gasteiger partial charge in [0.05, 0.1) is 23.7 Å². The van der Waals surface area contributed by atoms with E-state index in [2.05, 4.69) is 19.8 Å². The summed E-state index contributed by atoms with van der Waals surface area (Å²) in [5.41, 5.74) is 5.12. The maximum Gasteiger partial charge on any atom is 0.337 e. The van der Waals surface area contributed by atoms with Crippen LogP contribution < -0.4 is 10.5 Å². The van der Waals surface area contributed by atoms with E-state index < -0.39 is 0 Å². The van der Waals surface area contributed by atoms with Gasteiger partial charge >= 0.3 is 5.97 Å². The summed E-state index contributed by atoms with van der Waals surface area (Å²) < 4.78 is 4.75. The Bertz CT molecular complexity index is 1100. The number of aromatic amines is 1. The summed E-state index contributed by atoms with van der Waals surface area (Å²) >= 11 is 0. The fourth-order valence-corrected chi connectivity index (χ4v) is 3.86. The molecule has 1 saturated heterocycles. The molecular formula is C23H26N4O3. The first kappa shape index (κ1) is 20.1. The number of benzene rings is 1. The first-order valence-corrected chi connectivity index (χ1v) is 10.2. The predicted molar refractivity (Wildman–Crippen MR) is 117 cm³/mol. The third-order valence-corrected chi connectivity index (χ3v) is 5.64. The van der Waals surface area contributed by atoms with Gasteiger partial charge in [-0.2, -0.15) is 0 Å². The Morgan fingerprint density at radius 1 is 1.13 bits per heavy atom. The minimum Gasteiger partial charge on any atom is -0.465 e. The lowest BCUT2D eigenvalue weighted by Crippen LogP contribution is -2.46. The molecule has 7 nitrogen and oxygen atoms in total. The Hall–Kier alpha value is -3.19. The second kappa shape index (κ2) is 8.67. The Balaban J connectivity index is 1.38. The molecule has 3 heterocycles. The molecule has 1 aliphatic heterocycles. The van der Waals surface area contributed by atoms with Gasteiger partial charge in [0.1, 0.15) is 0 Å². The van der Waals surface area contributed by atoms with E-state index in [0.717, 1.165) is 60.6 Å². The zero-order chi connectivity index (χ0) is 21.1. The molecule has 1 N–H and O–H groups in total. The van der Waals surface area contributed by atoms with Gasteiger partial charge in [-0.1, -0.05) is 6.92 Å². The van der Waals surface area contributed by atoms with E-state index in [1.54, 1.807) is 12.1 Å². The van der Waals surface area contributed by atoms with Crippen molar-refractivity contribution in [3.05, 3.63) is 69.6 Å². The van der Waals surface area contributed by atoms with Crippen LogP contribution in [0.15, 0.2) is 47.4 Å². The number of piperazine rings is 1. The highest BCUT2D eigenvalue weighted by atomic mass is 16.5. The van der Waals surface area contributed by atoms with Gasteiger partial charge in [0, 0.05) is 50.2 Å². The zero-order valence-electron chi connectivity index (χ0n) is 17.4. The number of aromatic nitrogens is 2. The van der Waals surface area contributed by atoms with Crippen molar-refractivity contribution in [1.82, 2.24) is 14.9 Å². The van der Waals surface area contributed by atoms with Gasteiger partial charge in [-0.25, -0.2) is 4.79 Å². The lowest BCUT2D eigenvalue weighted by Gasteiger charge is -2.36. The van der Waals surface area contributed by atoms with E-state index in [1.807, 2.05) is 37.4 Å². The van der Waals surface area contributed by atoms with E-state index in [4.69, 9.17) is 4.74 Å². The van der Waals surface area contributed by atoms with Crippen molar-refractivity contribution in [3.8, 4) is 0 Å². The first-order valence-electron chi connectivity index (χ1n) is 10.2. The largest absolute Gasteiger partial charge is 0.465 e. The summed E-state index contributed by atoms with van der Waals surface area (Å²) in [6, 6.07) is 11.5. The molecule has 2 aromatic heterocycles. The number of ether oxygens (including phenoxy) is 1. The van der Waals surface area contributed by atoms with Crippen LogP contribution in [-0.4, -0.2) is 54.1 Å². The number of H-pyrrole nitrogens is 1. The number of rotatable bonds is 5. The summed E-state index contributed by atoms with van der Waals surface area (Å²) in [7, 11) is 1.39.